The van der Waals surface area contributed by atoms with Crippen molar-refractivity contribution in [3.05, 3.63) is 48.0 Å². The zero-order valence-electron chi connectivity index (χ0n) is 13.0. The summed E-state index contributed by atoms with van der Waals surface area (Å²) in [6, 6.07) is 14.6. The van der Waals surface area contributed by atoms with Crippen molar-refractivity contribution in [3.63, 3.8) is 0 Å². The number of rotatable bonds is 3. The second-order valence-corrected chi connectivity index (χ2v) is 6.63. The van der Waals surface area contributed by atoms with Crippen molar-refractivity contribution < 1.29 is 5.11 Å². The molecule has 2 heteroatoms. The molecular formula is C19H25NO. The standard InChI is InChI=1S/C19H25NO/c1-14-9-10-20(12-15(14)2)13-19(21)18-8-7-16-5-3-4-6-17(16)11-18/h3-8,11,14-15,19,21H,9-10,12-13H2,1-2H3. The molecule has 0 aliphatic carbocycles. The lowest BCUT2D eigenvalue weighted by molar-refractivity contribution is 0.0705. The van der Waals surface area contributed by atoms with E-state index in [9.17, 15) is 5.11 Å². The smallest absolute Gasteiger partial charge is 0.0917 e. The van der Waals surface area contributed by atoms with Crippen LogP contribution in [0.5, 0.6) is 0 Å². The molecule has 2 aromatic carbocycles. The third-order valence-electron chi connectivity index (χ3n) is 5.01. The van der Waals surface area contributed by atoms with E-state index < -0.39 is 6.10 Å². The highest BCUT2D eigenvalue weighted by molar-refractivity contribution is 5.83. The van der Waals surface area contributed by atoms with Crippen LogP contribution in [0.15, 0.2) is 42.5 Å². The molecule has 0 saturated carbocycles. The molecule has 1 saturated heterocycles. The lowest BCUT2D eigenvalue weighted by Crippen LogP contribution is -2.40. The van der Waals surface area contributed by atoms with Crippen molar-refractivity contribution >= 4 is 10.8 Å². The van der Waals surface area contributed by atoms with Gasteiger partial charge in [-0.25, -0.2) is 0 Å². The highest BCUT2D eigenvalue weighted by atomic mass is 16.3. The van der Waals surface area contributed by atoms with Crippen molar-refractivity contribution in [1.29, 1.82) is 0 Å². The Morgan fingerprint density at radius 3 is 2.62 bits per heavy atom. The molecule has 3 atom stereocenters. The summed E-state index contributed by atoms with van der Waals surface area (Å²) in [5.74, 6) is 1.53. The van der Waals surface area contributed by atoms with Crippen LogP contribution >= 0.6 is 0 Å². The van der Waals surface area contributed by atoms with Crippen LogP contribution in [0.2, 0.25) is 0 Å². The van der Waals surface area contributed by atoms with Crippen molar-refractivity contribution in [3.8, 4) is 0 Å². The summed E-state index contributed by atoms with van der Waals surface area (Å²) >= 11 is 0. The zero-order valence-corrected chi connectivity index (χ0v) is 13.0. The first-order valence-electron chi connectivity index (χ1n) is 8.02. The molecule has 112 valence electrons. The van der Waals surface area contributed by atoms with Gasteiger partial charge < -0.3 is 10.0 Å². The van der Waals surface area contributed by atoms with Gasteiger partial charge in [0, 0.05) is 13.1 Å². The van der Waals surface area contributed by atoms with E-state index in [1.165, 1.54) is 17.2 Å². The summed E-state index contributed by atoms with van der Waals surface area (Å²) < 4.78 is 0. The Bertz CT molecular complexity index is 609. The topological polar surface area (TPSA) is 23.5 Å². The predicted octanol–water partition coefficient (Wildman–Crippen LogP) is 3.85. The molecule has 2 nitrogen and oxygen atoms in total. The van der Waals surface area contributed by atoms with Crippen LogP contribution in [0.3, 0.4) is 0 Å². The number of hydrogen-bond donors (Lipinski definition) is 1. The minimum absolute atomic E-state index is 0.393. The fourth-order valence-electron chi connectivity index (χ4n) is 3.28. The third-order valence-corrected chi connectivity index (χ3v) is 5.01. The van der Waals surface area contributed by atoms with Gasteiger partial charge >= 0.3 is 0 Å². The van der Waals surface area contributed by atoms with Crippen molar-refractivity contribution in [2.45, 2.75) is 26.4 Å². The molecule has 2 aromatic rings. The van der Waals surface area contributed by atoms with E-state index in [1.807, 2.05) is 6.07 Å². The van der Waals surface area contributed by atoms with Crippen LogP contribution in [0.4, 0.5) is 0 Å². The highest BCUT2D eigenvalue weighted by Crippen LogP contribution is 2.25. The molecule has 0 amide bonds. The molecule has 1 aliphatic rings. The largest absolute Gasteiger partial charge is 0.387 e. The SMILES string of the molecule is CC1CCN(CC(O)c2ccc3ccccc3c2)CC1C. The Labute approximate surface area is 127 Å². The quantitative estimate of drug-likeness (QED) is 0.925. The molecule has 3 unspecified atom stereocenters. The van der Waals surface area contributed by atoms with E-state index in [1.54, 1.807) is 0 Å². The number of β-amino-alcohol motifs (C(OH)–C–C–N with tert-alkyl or cyclic N) is 1. The highest BCUT2D eigenvalue weighted by Gasteiger charge is 2.24. The number of fused-ring (bicyclic) bond motifs is 1. The van der Waals surface area contributed by atoms with Gasteiger partial charge in [-0.2, -0.15) is 0 Å². The van der Waals surface area contributed by atoms with Crippen molar-refractivity contribution in [1.82, 2.24) is 4.90 Å². The van der Waals surface area contributed by atoms with E-state index in [4.69, 9.17) is 0 Å². The molecule has 0 bridgehead atoms. The Morgan fingerprint density at radius 1 is 1.10 bits per heavy atom. The molecule has 0 spiro atoms. The lowest BCUT2D eigenvalue weighted by atomic mass is 9.88. The Balaban J connectivity index is 1.70. The van der Waals surface area contributed by atoms with Gasteiger partial charge in [0.1, 0.15) is 0 Å². The fraction of sp³-hybridized carbons (Fsp3) is 0.474. The molecule has 1 heterocycles. The summed E-state index contributed by atoms with van der Waals surface area (Å²) in [5, 5.41) is 13.0. The first-order valence-corrected chi connectivity index (χ1v) is 8.02. The van der Waals surface area contributed by atoms with Gasteiger partial charge in [0.2, 0.25) is 0 Å². The molecule has 1 fully saturated rings. The number of benzene rings is 2. The predicted molar refractivity (Wildman–Crippen MR) is 88.3 cm³/mol. The molecule has 0 radical (unpaired) electrons. The average molecular weight is 283 g/mol. The Morgan fingerprint density at radius 2 is 1.86 bits per heavy atom. The maximum Gasteiger partial charge on any atom is 0.0917 e. The molecule has 21 heavy (non-hydrogen) atoms. The third kappa shape index (κ3) is 3.28. The normalized spacial score (nSPS) is 25.1. The van der Waals surface area contributed by atoms with E-state index in [2.05, 4.69) is 55.1 Å². The van der Waals surface area contributed by atoms with E-state index >= 15 is 0 Å². The Kier molecular flexibility index (Phi) is 4.27. The second kappa shape index (κ2) is 6.17. The molecule has 3 rings (SSSR count). The zero-order chi connectivity index (χ0) is 14.8. The number of nitrogens with zero attached hydrogens (tertiary/aromatic N) is 1. The molecule has 0 aromatic heterocycles. The summed E-state index contributed by atoms with van der Waals surface area (Å²) in [6.45, 7) is 7.61. The minimum Gasteiger partial charge on any atom is -0.387 e. The number of piperidine rings is 1. The Hall–Kier alpha value is -1.38. The minimum atomic E-state index is -0.393. The monoisotopic (exact) mass is 283 g/mol. The molecule has 1 aliphatic heterocycles. The van der Waals surface area contributed by atoms with Crippen molar-refractivity contribution in [2.24, 2.45) is 11.8 Å². The number of hydrogen-bond acceptors (Lipinski definition) is 2. The number of likely N-dealkylation sites (tertiary alicyclic amines) is 1. The van der Waals surface area contributed by atoms with Gasteiger partial charge in [0.25, 0.3) is 0 Å². The van der Waals surface area contributed by atoms with Gasteiger partial charge in [-0.05, 0) is 47.2 Å². The fourth-order valence-corrected chi connectivity index (χ4v) is 3.28. The van der Waals surface area contributed by atoms with Crippen LogP contribution in [0.1, 0.15) is 31.9 Å². The first kappa shape index (κ1) is 14.6. The van der Waals surface area contributed by atoms with Crippen molar-refractivity contribution in [2.75, 3.05) is 19.6 Å². The van der Waals surface area contributed by atoms with Crippen LogP contribution < -0.4 is 0 Å². The van der Waals surface area contributed by atoms with Gasteiger partial charge in [-0.1, -0.05) is 50.2 Å². The summed E-state index contributed by atoms with van der Waals surface area (Å²) in [6.07, 6.45) is 0.848. The van der Waals surface area contributed by atoms with E-state index in [-0.39, 0.29) is 0 Å². The first-order chi connectivity index (χ1) is 10.1. The summed E-state index contributed by atoms with van der Waals surface area (Å²) in [7, 11) is 0. The van der Waals surface area contributed by atoms with E-state index in [0.717, 1.165) is 37.0 Å². The van der Waals surface area contributed by atoms with Crippen LogP contribution in [-0.2, 0) is 0 Å². The van der Waals surface area contributed by atoms with Crippen LogP contribution in [0, 0.1) is 11.8 Å². The summed E-state index contributed by atoms with van der Waals surface area (Å²) in [5.41, 5.74) is 1.03. The van der Waals surface area contributed by atoms with E-state index in [0.29, 0.717) is 0 Å². The number of aliphatic hydroxyl groups is 1. The number of aliphatic hydroxyl groups excluding tert-OH is 1. The van der Waals surface area contributed by atoms with Gasteiger partial charge in [0.05, 0.1) is 6.10 Å². The summed E-state index contributed by atoms with van der Waals surface area (Å²) in [4.78, 5) is 2.41. The van der Waals surface area contributed by atoms with Gasteiger partial charge in [-0.15, -0.1) is 0 Å². The maximum atomic E-state index is 10.5. The maximum absolute atomic E-state index is 10.5. The second-order valence-electron chi connectivity index (χ2n) is 6.63. The average Bonchev–Trinajstić information content (AvgIpc) is 2.50. The van der Waals surface area contributed by atoms with Gasteiger partial charge in [-0.3, -0.25) is 0 Å². The molecular weight excluding hydrogens is 258 g/mol. The van der Waals surface area contributed by atoms with Crippen LogP contribution in [-0.4, -0.2) is 29.6 Å². The lowest BCUT2D eigenvalue weighted by Gasteiger charge is -2.36. The van der Waals surface area contributed by atoms with Gasteiger partial charge in [0.15, 0.2) is 0 Å². The molecule has 1 N–H and O–H groups in total. The van der Waals surface area contributed by atoms with Crippen LogP contribution in [0.25, 0.3) is 10.8 Å².